The predicted octanol–water partition coefficient (Wildman–Crippen LogP) is 2.83. The van der Waals surface area contributed by atoms with Crippen molar-refractivity contribution in [3.05, 3.63) is 60.2 Å². The molecular weight excluding hydrogens is 224 g/mol. The SMILES string of the molecule is CN(CN)Cc1ccc(Oc2ccccc2)cc1. The average Bonchev–Trinajstić information content (AvgIpc) is 2.42. The molecule has 0 spiro atoms. The van der Waals surface area contributed by atoms with E-state index in [2.05, 4.69) is 12.1 Å². The van der Waals surface area contributed by atoms with Gasteiger partial charge in [-0.05, 0) is 36.9 Å². The van der Waals surface area contributed by atoms with Gasteiger partial charge < -0.3 is 10.5 Å². The predicted molar refractivity (Wildman–Crippen MR) is 73.5 cm³/mol. The number of ether oxygens (including phenoxy) is 1. The summed E-state index contributed by atoms with van der Waals surface area (Å²) in [6, 6.07) is 17.8. The molecule has 0 heterocycles. The summed E-state index contributed by atoms with van der Waals surface area (Å²) in [6.45, 7) is 1.41. The van der Waals surface area contributed by atoms with Crippen LogP contribution in [0.1, 0.15) is 5.56 Å². The van der Waals surface area contributed by atoms with E-state index < -0.39 is 0 Å². The highest BCUT2D eigenvalue weighted by Gasteiger charge is 1.99. The molecule has 0 aliphatic carbocycles. The van der Waals surface area contributed by atoms with Gasteiger partial charge in [-0.1, -0.05) is 30.3 Å². The molecule has 0 unspecified atom stereocenters. The maximum atomic E-state index is 5.73. The third-order valence-corrected chi connectivity index (χ3v) is 2.67. The summed E-state index contributed by atoms with van der Waals surface area (Å²) in [7, 11) is 1.99. The van der Waals surface area contributed by atoms with Crippen molar-refractivity contribution in [3.8, 4) is 11.5 Å². The second-order valence-corrected chi connectivity index (χ2v) is 4.26. The molecule has 0 radical (unpaired) electrons. The monoisotopic (exact) mass is 242 g/mol. The van der Waals surface area contributed by atoms with Gasteiger partial charge in [-0.25, -0.2) is 0 Å². The second kappa shape index (κ2) is 6.19. The molecule has 2 N–H and O–H groups in total. The highest BCUT2D eigenvalue weighted by molar-refractivity contribution is 5.32. The molecule has 0 atom stereocenters. The van der Waals surface area contributed by atoms with Crippen LogP contribution in [0.15, 0.2) is 54.6 Å². The first-order chi connectivity index (χ1) is 8.78. The van der Waals surface area contributed by atoms with E-state index in [-0.39, 0.29) is 0 Å². The van der Waals surface area contributed by atoms with Gasteiger partial charge in [-0.3, -0.25) is 4.90 Å². The number of benzene rings is 2. The zero-order valence-corrected chi connectivity index (χ0v) is 10.5. The average molecular weight is 242 g/mol. The van der Waals surface area contributed by atoms with Gasteiger partial charge in [0.1, 0.15) is 11.5 Å². The minimum absolute atomic E-state index is 0.558. The molecule has 2 rings (SSSR count). The highest BCUT2D eigenvalue weighted by Crippen LogP contribution is 2.21. The Kier molecular flexibility index (Phi) is 4.34. The molecule has 0 saturated heterocycles. The Bertz CT molecular complexity index is 468. The standard InChI is InChI=1S/C15H18N2O/c1-17(12-16)11-13-7-9-15(10-8-13)18-14-5-3-2-4-6-14/h2-10H,11-12,16H2,1H3. The van der Waals surface area contributed by atoms with Crippen molar-refractivity contribution in [1.29, 1.82) is 0 Å². The third kappa shape index (κ3) is 3.58. The van der Waals surface area contributed by atoms with Crippen LogP contribution in [0, 0.1) is 0 Å². The van der Waals surface area contributed by atoms with Gasteiger partial charge in [0.25, 0.3) is 0 Å². The minimum Gasteiger partial charge on any atom is -0.457 e. The first kappa shape index (κ1) is 12.6. The Morgan fingerprint density at radius 2 is 1.56 bits per heavy atom. The molecule has 18 heavy (non-hydrogen) atoms. The Hall–Kier alpha value is -1.84. The molecule has 94 valence electrons. The van der Waals surface area contributed by atoms with Crippen molar-refractivity contribution in [2.24, 2.45) is 5.73 Å². The van der Waals surface area contributed by atoms with E-state index >= 15 is 0 Å². The molecule has 0 saturated carbocycles. The first-order valence-corrected chi connectivity index (χ1v) is 5.98. The van der Waals surface area contributed by atoms with E-state index in [1.807, 2.05) is 54.4 Å². The molecule has 0 aromatic heterocycles. The van der Waals surface area contributed by atoms with Crippen molar-refractivity contribution in [2.45, 2.75) is 6.54 Å². The van der Waals surface area contributed by atoms with Crippen molar-refractivity contribution >= 4 is 0 Å². The van der Waals surface area contributed by atoms with Crippen LogP contribution in [-0.2, 0) is 6.54 Å². The maximum absolute atomic E-state index is 5.73. The minimum atomic E-state index is 0.558. The number of rotatable bonds is 5. The zero-order valence-electron chi connectivity index (χ0n) is 10.5. The zero-order chi connectivity index (χ0) is 12.8. The lowest BCUT2D eigenvalue weighted by Crippen LogP contribution is -2.24. The normalized spacial score (nSPS) is 10.6. The quantitative estimate of drug-likeness (QED) is 0.819. The highest BCUT2D eigenvalue weighted by atomic mass is 16.5. The van der Waals surface area contributed by atoms with Crippen molar-refractivity contribution < 1.29 is 4.74 Å². The fourth-order valence-electron chi connectivity index (χ4n) is 1.66. The lowest BCUT2D eigenvalue weighted by atomic mass is 10.2. The van der Waals surface area contributed by atoms with Crippen LogP contribution in [0.25, 0.3) is 0 Å². The largest absolute Gasteiger partial charge is 0.457 e. The Morgan fingerprint density at radius 1 is 0.944 bits per heavy atom. The molecule has 2 aromatic carbocycles. The lowest BCUT2D eigenvalue weighted by Gasteiger charge is -2.13. The second-order valence-electron chi connectivity index (χ2n) is 4.26. The Balaban J connectivity index is 2.00. The lowest BCUT2D eigenvalue weighted by molar-refractivity contribution is 0.337. The van der Waals surface area contributed by atoms with Crippen molar-refractivity contribution in [3.63, 3.8) is 0 Å². The van der Waals surface area contributed by atoms with E-state index in [1.165, 1.54) is 5.56 Å². The van der Waals surface area contributed by atoms with Gasteiger partial charge >= 0.3 is 0 Å². The number of nitrogens with two attached hydrogens (primary N) is 1. The van der Waals surface area contributed by atoms with Crippen LogP contribution in [0.4, 0.5) is 0 Å². The topological polar surface area (TPSA) is 38.5 Å². The number of para-hydroxylation sites is 1. The van der Waals surface area contributed by atoms with Crippen LogP contribution in [-0.4, -0.2) is 18.6 Å². The van der Waals surface area contributed by atoms with Gasteiger partial charge in [0.05, 0.1) is 0 Å². The first-order valence-electron chi connectivity index (χ1n) is 5.98. The summed E-state index contributed by atoms with van der Waals surface area (Å²) < 4.78 is 5.73. The van der Waals surface area contributed by atoms with Crippen LogP contribution >= 0.6 is 0 Å². The summed E-state index contributed by atoms with van der Waals surface area (Å²) in [6.07, 6.45) is 0. The number of nitrogens with zero attached hydrogens (tertiary/aromatic N) is 1. The van der Waals surface area contributed by atoms with E-state index in [1.54, 1.807) is 0 Å². The van der Waals surface area contributed by atoms with Gasteiger partial charge in [-0.2, -0.15) is 0 Å². The number of hydrogen-bond donors (Lipinski definition) is 1. The fourth-order valence-corrected chi connectivity index (χ4v) is 1.66. The van der Waals surface area contributed by atoms with Gasteiger partial charge in [0.15, 0.2) is 0 Å². The van der Waals surface area contributed by atoms with Crippen LogP contribution in [0.2, 0.25) is 0 Å². The molecular formula is C15H18N2O. The van der Waals surface area contributed by atoms with E-state index in [0.717, 1.165) is 18.0 Å². The summed E-state index contributed by atoms with van der Waals surface area (Å²) in [5, 5.41) is 0. The molecule has 3 heteroatoms. The molecule has 0 fully saturated rings. The Labute approximate surface area is 108 Å². The van der Waals surface area contributed by atoms with Crippen LogP contribution in [0.3, 0.4) is 0 Å². The van der Waals surface area contributed by atoms with Gasteiger partial charge in [0.2, 0.25) is 0 Å². The van der Waals surface area contributed by atoms with E-state index in [0.29, 0.717) is 6.67 Å². The summed E-state index contributed by atoms with van der Waals surface area (Å²) in [5.41, 5.74) is 6.78. The van der Waals surface area contributed by atoms with Gasteiger partial charge in [0, 0.05) is 13.2 Å². The molecule has 0 amide bonds. The van der Waals surface area contributed by atoms with Crippen molar-refractivity contribution in [1.82, 2.24) is 4.90 Å². The molecule has 3 nitrogen and oxygen atoms in total. The summed E-state index contributed by atoms with van der Waals surface area (Å²) >= 11 is 0. The molecule has 0 aliphatic heterocycles. The van der Waals surface area contributed by atoms with Crippen LogP contribution in [0.5, 0.6) is 11.5 Å². The van der Waals surface area contributed by atoms with Gasteiger partial charge in [-0.15, -0.1) is 0 Å². The Morgan fingerprint density at radius 3 is 2.17 bits per heavy atom. The van der Waals surface area contributed by atoms with E-state index in [9.17, 15) is 0 Å². The van der Waals surface area contributed by atoms with E-state index in [4.69, 9.17) is 10.5 Å². The van der Waals surface area contributed by atoms with Crippen LogP contribution < -0.4 is 10.5 Å². The molecule has 0 aliphatic rings. The summed E-state index contributed by atoms with van der Waals surface area (Å²) in [5.74, 6) is 1.70. The molecule has 2 aromatic rings. The number of hydrogen-bond acceptors (Lipinski definition) is 3. The molecule has 0 bridgehead atoms. The maximum Gasteiger partial charge on any atom is 0.127 e. The third-order valence-electron chi connectivity index (χ3n) is 2.67. The summed E-state index contributed by atoms with van der Waals surface area (Å²) in [4.78, 5) is 2.05. The fraction of sp³-hybridized carbons (Fsp3) is 0.200. The van der Waals surface area contributed by atoms with Crippen molar-refractivity contribution in [2.75, 3.05) is 13.7 Å². The smallest absolute Gasteiger partial charge is 0.127 e.